The molecule has 0 aliphatic heterocycles. The molecule has 0 bridgehead atoms. The maximum absolute atomic E-state index is 12.2. The highest BCUT2D eigenvalue weighted by Gasteiger charge is 2.15. The van der Waals surface area contributed by atoms with Crippen LogP contribution in [0.3, 0.4) is 0 Å². The number of rotatable bonds is 6. The highest BCUT2D eigenvalue weighted by Crippen LogP contribution is 2.20. The minimum atomic E-state index is -3.63. The normalized spacial score (nSPS) is 11.7. The van der Waals surface area contributed by atoms with E-state index in [0.29, 0.717) is 27.1 Å². The van der Waals surface area contributed by atoms with Gasteiger partial charge < -0.3 is 10.3 Å². The first-order chi connectivity index (χ1) is 12.3. The number of hydrogen-bond donors (Lipinski definition) is 3. The van der Waals surface area contributed by atoms with E-state index >= 15 is 0 Å². The molecule has 0 aliphatic rings. The second-order valence-electron chi connectivity index (χ2n) is 5.64. The van der Waals surface area contributed by atoms with E-state index in [1.807, 2.05) is 0 Å². The smallest absolute Gasteiger partial charge is 0.356 e. The Kier molecular flexibility index (Phi) is 4.90. The molecule has 0 unspecified atom stereocenters. The molecule has 0 spiro atoms. The molecule has 1 heterocycles. The van der Waals surface area contributed by atoms with Crippen LogP contribution in [0.25, 0.3) is 10.9 Å². The largest absolute Gasteiger partial charge is 0.476 e. The van der Waals surface area contributed by atoms with Crippen molar-refractivity contribution in [3.63, 3.8) is 0 Å². The summed E-state index contributed by atoms with van der Waals surface area (Å²) in [6.45, 7) is 0.169. The molecule has 0 fully saturated rings. The predicted molar refractivity (Wildman–Crippen MR) is 96.4 cm³/mol. The van der Waals surface area contributed by atoms with Crippen molar-refractivity contribution >= 4 is 38.5 Å². The van der Waals surface area contributed by atoms with Crippen LogP contribution in [0, 0.1) is 0 Å². The van der Waals surface area contributed by atoms with Crippen molar-refractivity contribution < 1.29 is 23.5 Å². The van der Waals surface area contributed by atoms with Gasteiger partial charge in [-0.05, 0) is 54.4 Å². The van der Waals surface area contributed by atoms with Crippen molar-refractivity contribution in [3.05, 3.63) is 64.8 Å². The molecule has 0 radical (unpaired) electrons. The highest BCUT2D eigenvalue weighted by molar-refractivity contribution is 7.89. The van der Waals surface area contributed by atoms with Gasteiger partial charge in [-0.2, -0.15) is 4.73 Å². The fourth-order valence-electron chi connectivity index (χ4n) is 2.59. The molecule has 2 aromatic carbocycles. The second kappa shape index (κ2) is 6.99. The van der Waals surface area contributed by atoms with Crippen LogP contribution in [0.15, 0.2) is 53.4 Å². The summed E-state index contributed by atoms with van der Waals surface area (Å²) in [4.78, 5) is 11.2. The van der Waals surface area contributed by atoms with Gasteiger partial charge in [0.1, 0.15) is 0 Å². The van der Waals surface area contributed by atoms with Crippen LogP contribution in [-0.4, -0.2) is 36.0 Å². The van der Waals surface area contributed by atoms with Crippen molar-refractivity contribution in [2.45, 2.75) is 11.3 Å². The lowest BCUT2D eigenvalue weighted by Crippen LogP contribution is -2.25. The summed E-state index contributed by atoms with van der Waals surface area (Å²) in [7, 11) is -3.63. The van der Waals surface area contributed by atoms with E-state index in [9.17, 15) is 18.4 Å². The number of nitrogens with one attached hydrogen (secondary N) is 1. The Balaban J connectivity index is 1.71. The molecule has 0 aliphatic carbocycles. The summed E-state index contributed by atoms with van der Waals surface area (Å²) in [5.74, 6) is -1.24. The van der Waals surface area contributed by atoms with Gasteiger partial charge in [-0.25, -0.2) is 17.9 Å². The fraction of sp³-hybridized carbons (Fsp3) is 0.118. The number of nitrogens with zero attached hydrogens (tertiary/aromatic N) is 1. The van der Waals surface area contributed by atoms with Gasteiger partial charge in [-0.1, -0.05) is 17.7 Å². The van der Waals surface area contributed by atoms with Gasteiger partial charge in [0.25, 0.3) is 0 Å². The van der Waals surface area contributed by atoms with Gasteiger partial charge >= 0.3 is 5.97 Å². The monoisotopic (exact) mass is 394 g/mol. The quantitative estimate of drug-likeness (QED) is 0.557. The topological polar surface area (TPSA) is 109 Å². The molecule has 9 heteroatoms. The summed E-state index contributed by atoms with van der Waals surface area (Å²) in [6.07, 6.45) is 0.405. The van der Waals surface area contributed by atoms with Gasteiger partial charge in [0, 0.05) is 17.0 Å². The number of aromatic nitrogens is 1. The standard InChI is InChI=1S/C17H15ClN2O5S/c18-13-2-4-14(5-3-13)26(24,25)19-8-7-11-1-6-15-12(9-11)10-16(17(21)22)20(15)23/h1-6,9-10,19,23H,7-8H2,(H,21,22). The highest BCUT2D eigenvalue weighted by atomic mass is 35.5. The van der Waals surface area contributed by atoms with E-state index in [1.54, 1.807) is 18.2 Å². The molecular formula is C17H15ClN2O5S. The molecule has 3 aromatic rings. The van der Waals surface area contributed by atoms with E-state index < -0.39 is 16.0 Å². The maximum atomic E-state index is 12.2. The van der Waals surface area contributed by atoms with Crippen LogP contribution in [0.2, 0.25) is 5.02 Å². The van der Waals surface area contributed by atoms with Crippen molar-refractivity contribution in [2.24, 2.45) is 0 Å². The number of carboxylic acid groups (broad SMARTS) is 1. The fourth-order valence-corrected chi connectivity index (χ4v) is 3.74. The summed E-state index contributed by atoms with van der Waals surface area (Å²) in [5, 5.41) is 19.9. The third kappa shape index (κ3) is 3.67. The summed E-state index contributed by atoms with van der Waals surface area (Å²) in [6, 6.07) is 12.2. The summed E-state index contributed by atoms with van der Waals surface area (Å²) in [5.41, 5.74) is 0.937. The van der Waals surface area contributed by atoms with Crippen molar-refractivity contribution in [3.8, 4) is 0 Å². The summed E-state index contributed by atoms with van der Waals surface area (Å²) >= 11 is 5.75. The average molecular weight is 395 g/mol. The number of fused-ring (bicyclic) bond motifs is 1. The lowest BCUT2D eigenvalue weighted by molar-refractivity contribution is 0.0649. The molecule has 0 amide bonds. The molecule has 0 saturated carbocycles. The first kappa shape index (κ1) is 18.2. The Bertz CT molecular complexity index is 1070. The van der Waals surface area contributed by atoms with Crippen LogP contribution < -0.4 is 4.72 Å². The average Bonchev–Trinajstić information content (AvgIpc) is 2.92. The van der Waals surface area contributed by atoms with Crippen LogP contribution in [-0.2, 0) is 16.4 Å². The molecular weight excluding hydrogens is 380 g/mol. The van der Waals surface area contributed by atoms with E-state index in [-0.39, 0.29) is 17.1 Å². The molecule has 0 saturated heterocycles. The van der Waals surface area contributed by atoms with Gasteiger partial charge in [-0.15, -0.1) is 0 Å². The van der Waals surface area contributed by atoms with Crippen LogP contribution in [0.4, 0.5) is 0 Å². The van der Waals surface area contributed by atoms with Crippen LogP contribution in [0.5, 0.6) is 0 Å². The van der Waals surface area contributed by atoms with Gasteiger partial charge in [0.15, 0.2) is 5.69 Å². The number of hydrogen-bond acceptors (Lipinski definition) is 4. The number of benzene rings is 2. The number of halogens is 1. The third-order valence-electron chi connectivity index (χ3n) is 3.89. The third-order valence-corrected chi connectivity index (χ3v) is 5.62. The Hall–Kier alpha value is -2.55. The SMILES string of the molecule is O=C(O)c1cc2cc(CCNS(=O)(=O)c3ccc(Cl)cc3)ccc2n1O. The van der Waals surface area contributed by atoms with Crippen molar-refractivity contribution in [1.29, 1.82) is 0 Å². The molecule has 3 rings (SSSR count). The second-order valence-corrected chi connectivity index (χ2v) is 7.84. The van der Waals surface area contributed by atoms with E-state index in [4.69, 9.17) is 16.7 Å². The zero-order valence-corrected chi connectivity index (χ0v) is 15.0. The first-order valence-electron chi connectivity index (χ1n) is 7.60. The minimum absolute atomic E-state index is 0.126. The molecule has 26 heavy (non-hydrogen) atoms. The predicted octanol–water partition coefficient (Wildman–Crippen LogP) is 2.75. The lowest BCUT2D eigenvalue weighted by Gasteiger charge is -2.07. The maximum Gasteiger partial charge on any atom is 0.356 e. The van der Waals surface area contributed by atoms with Gasteiger partial charge in [-0.3, -0.25) is 0 Å². The van der Waals surface area contributed by atoms with E-state index in [1.165, 1.54) is 30.3 Å². The molecule has 7 nitrogen and oxygen atoms in total. The zero-order valence-electron chi connectivity index (χ0n) is 13.4. The first-order valence-corrected chi connectivity index (χ1v) is 9.46. The Labute approximate surface area is 154 Å². The molecule has 3 N–H and O–H groups in total. The summed E-state index contributed by atoms with van der Waals surface area (Å²) < 4.78 is 27.5. The Morgan fingerprint density at radius 2 is 1.81 bits per heavy atom. The van der Waals surface area contributed by atoms with E-state index in [2.05, 4.69) is 4.72 Å². The van der Waals surface area contributed by atoms with Crippen molar-refractivity contribution in [2.75, 3.05) is 6.54 Å². The number of carbonyl (C=O) groups is 1. The van der Waals surface area contributed by atoms with E-state index in [0.717, 1.165) is 5.56 Å². The van der Waals surface area contributed by atoms with Gasteiger partial charge in [0.2, 0.25) is 10.0 Å². The minimum Gasteiger partial charge on any atom is -0.476 e. The lowest BCUT2D eigenvalue weighted by atomic mass is 10.1. The number of sulfonamides is 1. The van der Waals surface area contributed by atoms with Crippen LogP contribution >= 0.6 is 11.6 Å². The molecule has 0 atom stereocenters. The Morgan fingerprint density at radius 3 is 2.46 bits per heavy atom. The van der Waals surface area contributed by atoms with Crippen molar-refractivity contribution in [1.82, 2.24) is 9.45 Å². The molecule has 1 aromatic heterocycles. The number of aromatic carboxylic acids is 1. The Morgan fingerprint density at radius 1 is 1.12 bits per heavy atom. The van der Waals surface area contributed by atoms with Crippen LogP contribution in [0.1, 0.15) is 16.1 Å². The zero-order chi connectivity index (χ0) is 18.9. The van der Waals surface area contributed by atoms with Gasteiger partial charge in [0.05, 0.1) is 10.4 Å². The molecule has 136 valence electrons. The number of carboxylic acids is 1.